The summed E-state index contributed by atoms with van der Waals surface area (Å²) in [5, 5.41) is 2.76. The highest BCUT2D eigenvalue weighted by atomic mass is 35.5. The van der Waals surface area contributed by atoms with Gasteiger partial charge in [0.15, 0.2) is 6.61 Å². The third-order valence-corrected chi connectivity index (χ3v) is 7.00. The molecule has 1 N–H and O–H groups in total. The molecule has 10 heteroatoms. The molecule has 31 heavy (non-hydrogen) atoms. The molecule has 0 bridgehead atoms. The van der Waals surface area contributed by atoms with E-state index in [1.165, 1.54) is 22.5 Å². The van der Waals surface area contributed by atoms with Crippen molar-refractivity contribution in [2.24, 2.45) is 0 Å². The zero-order valence-electron chi connectivity index (χ0n) is 16.9. The van der Waals surface area contributed by atoms with Crippen molar-refractivity contribution in [1.29, 1.82) is 0 Å². The van der Waals surface area contributed by atoms with E-state index in [-0.39, 0.29) is 34.6 Å². The summed E-state index contributed by atoms with van der Waals surface area (Å²) >= 11 is 6.08. The lowest BCUT2D eigenvalue weighted by molar-refractivity contribution is -0.124. The number of morpholine rings is 1. The number of amides is 1. The van der Waals surface area contributed by atoms with Crippen molar-refractivity contribution >= 4 is 33.5 Å². The highest BCUT2D eigenvalue weighted by Crippen LogP contribution is 2.24. The monoisotopic (exact) mass is 466 g/mol. The van der Waals surface area contributed by atoms with Gasteiger partial charge in [0.25, 0.3) is 5.91 Å². The van der Waals surface area contributed by atoms with E-state index in [0.29, 0.717) is 13.2 Å². The molecule has 0 spiro atoms. The van der Waals surface area contributed by atoms with E-state index in [1.54, 1.807) is 0 Å². The predicted molar refractivity (Wildman–Crippen MR) is 114 cm³/mol. The van der Waals surface area contributed by atoms with Gasteiger partial charge in [0.2, 0.25) is 10.0 Å². The summed E-state index contributed by atoms with van der Waals surface area (Å²) in [5.41, 5.74) is 0.783. The lowest BCUT2D eigenvalue weighted by Crippen LogP contribution is -2.40. The number of carbonyl (C=O) groups excluding carboxylic acids is 2. The predicted octanol–water partition coefficient (Wildman–Crippen LogP) is 2.40. The number of rotatable bonds is 7. The lowest BCUT2D eigenvalue weighted by Gasteiger charge is -2.26. The van der Waals surface area contributed by atoms with E-state index in [0.717, 1.165) is 5.56 Å². The Labute approximate surface area is 186 Å². The highest BCUT2D eigenvalue weighted by Gasteiger charge is 2.28. The molecule has 0 saturated carbocycles. The van der Waals surface area contributed by atoms with Crippen LogP contribution < -0.4 is 5.32 Å². The minimum absolute atomic E-state index is 0.0315. The summed E-state index contributed by atoms with van der Waals surface area (Å²) in [4.78, 5) is 24.5. The fraction of sp³-hybridized carbons (Fsp3) is 0.333. The van der Waals surface area contributed by atoms with E-state index in [1.807, 2.05) is 37.3 Å². The van der Waals surface area contributed by atoms with Gasteiger partial charge in [0.1, 0.15) is 0 Å². The molecule has 8 nitrogen and oxygen atoms in total. The summed E-state index contributed by atoms with van der Waals surface area (Å²) in [7, 11) is -3.80. The molecule has 1 aliphatic heterocycles. The van der Waals surface area contributed by atoms with Crippen molar-refractivity contribution in [1.82, 2.24) is 9.62 Å². The van der Waals surface area contributed by atoms with Gasteiger partial charge in [-0.25, -0.2) is 13.2 Å². The number of hydrogen-bond donors (Lipinski definition) is 1. The Kier molecular flexibility index (Phi) is 7.66. The third-order valence-electron chi connectivity index (χ3n) is 4.78. The molecule has 1 unspecified atom stereocenters. The van der Waals surface area contributed by atoms with Crippen molar-refractivity contribution in [3.8, 4) is 0 Å². The Balaban J connectivity index is 1.65. The second-order valence-corrected chi connectivity index (χ2v) is 9.28. The Morgan fingerprint density at radius 3 is 2.52 bits per heavy atom. The maximum absolute atomic E-state index is 12.8. The molecule has 0 radical (unpaired) electrons. The average molecular weight is 467 g/mol. The van der Waals surface area contributed by atoms with Crippen LogP contribution in [0, 0.1) is 0 Å². The highest BCUT2D eigenvalue weighted by molar-refractivity contribution is 7.89. The average Bonchev–Trinajstić information content (AvgIpc) is 2.78. The first kappa shape index (κ1) is 23.2. The number of carbonyl (C=O) groups is 2. The Morgan fingerprint density at radius 1 is 1.16 bits per heavy atom. The van der Waals surface area contributed by atoms with Gasteiger partial charge < -0.3 is 14.8 Å². The number of ether oxygens (including phenoxy) is 2. The van der Waals surface area contributed by atoms with Gasteiger partial charge in [0, 0.05) is 13.1 Å². The molecule has 1 atom stereocenters. The van der Waals surface area contributed by atoms with Crippen LogP contribution in [0.15, 0.2) is 53.4 Å². The Bertz CT molecular complexity index is 1040. The van der Waals surface area contributed by atoms with Crippen LogP contribution in [0.25, 0.3) is 0 Å². The topological polar surface area (TPSA) is 102 Å². The number of nitrogens with one attached hydrogen (secondary N) is 1. The zero-order valence-corrected chi connectivity index (χ0v) is 18.5. The van der Waals surface area contributed by atoms with Gasteiger partial charge in [-0.3, -0.25) is 4.79 Å². The quantitative estimate of drug-likeness (QED) is 0.628. The molecule has 1 saturated heterocycles. The molecule has 166 valence electrons. The fourth-order valence-electron chi connectivity index (χ4n) is 3.07. The van der Waals surface area contributed by atoms with Gasteiger partial charge in [0.05, 0.1) is 34.7 Å². The fourth-order valence-corrected chi connectivity index (χ4v) is 4.70. The van der Waals surface area contributed by atoms with Crippen molar-refractivity contribution < 1.29 is 27.5 Å². The van der Waals surface area contributed by atoms with Crippen LogP contribution >= 0.6 is 11.6 Å². The maximum Gasteiger partial charge on any atom is 0.340 e. The molecule has 1 amide bonds. The Morgan fingerprint density at radius 2 is 1.84 bits per heavy atom. The largest absolute Gasteiger partial charge is 0.452 e. The molecule has 3 rings (SSSR count). The number of esters is 1. The number of sulfonamides is 1. The van der Waals surface area contributed by atoms with Crippen LogP contribution in [0.2, 0.25) is 5.02 Å². The summed E-state index contributed by atoms with van der Waals surface area (Å²) in [6.45, 7) is 2.35. The number of nitrogens with zero attached hydrogens (tertiary/aromatic N) is 1. The van der Waals surface area contributed by atoms with Crippen LogP contribution in [0.5, 0.6) is 0 Å². The SMILES string of the molecule is CC(NC(=O)COC(=O)c1cc(S(=O)(=O)N2CCOCC2)ccc1Cl)c1ccccc1. The van der Waals surface area contributed by atoms with Gasteiger partial charge in [-0.15, -0.1) is 0 Å². The second kappa shape index (κ2) is 10.2. The molecule has 0 aliphatic carbocycles. The summed E-state index contributed by atoms with van der Waals surface area (Å²) in [5.74, 6) is -1.37. The Hall–Kier alpha value is -2.46. The smallest absolute Gasteiger partial charge is 0.340 e. The third kappa shape index (κ3) is 5.82. The van der Waals surface area contributed by atoms with Gasteiger partial charge in [-0.2, -0.15) is 4.31 Å². The first-order chi connectivity index (χ1) is 14.8. The van der Waals surface area contributed by atoms with E-state index < -0.39 is 28.5 Å². The normalized spacial score (nSPS) is 15.8. The minimum Gasteiger partial charge on any atom is -0.452 e. The molecule has 2 aromatic rings. The van der Waals surface area contributed by atoms with Crippen molar-refractivity contribution in [2.45, 2.75) is 17.9 Å². The minimum atomic E-state index is -3.80. The first-order valence-corrected chi connectivity index (χ1v) is 11.5. The van der Waals surface area contributed by atoms with Crippen LogP contribution in [-0.2, 0) is 24.3 Å². The maximum atomic E-state index is 12.8. The van der Waals surface area contributed by atoms with Crippen LogP contribution in [0.4, 0.5) is 0 Å². The zero-order chi connectivity index (χ0) is 22.4. The molecular weight excluding hydrogens is 444 g/mol. The summed E-state index contributed by atoms with van der Waals surface area (Å²) in [6, 6.07) is 12.9. The van der Waals surface area contributed by atoms with Crippen molar-refractivity contribution in [2.75, 3.05) is 32.9 Å². The van der Waals surface area contributed by atoms with Crippen molar-refractivity contribution in [3.05, 3.63) is 64.7 Å². The molecule has 0 aromatic heterocycles. The number of halogens is 1. The van der Waals surface area contributed by atoms with Gasteiger partial charge in [-0.1, -0.05) is 41.9 Å². The first-order valence-electron chi connectivity index (χ1n) is 9.68. The van der Waals surface area contributed by atoms with Crippen LogP contribution in [0.1, 0.15) is 28.9 Å². The lowest BCUT2D eigenvalue weighted by atomic mass is 10.1. The van der Waals surface area contributed by atoms with Crippen LogP contribution in [0.3, 0.4) is 0 Å². The number of hydrogen-bond acceptors (Lipinski definition) is 6. The van der Waals surface area contributed by atoms with Crippen molar-refractivity contribution in [3.63, 3.8) is 0 Å². The summed E-state index contributed by atoms with van der Waals surface area (Å²) in [6.07, 6.45) is 0. The molecule has 1 aliphatic rings. The van der Waals surface area contributed by atoms with Gasteiger partial charge in [-0.05, 0) is 30.7 Å². The van der Waals surface area contributed by atoms with E-state index >= 15 is 0 Å². The standard InChI is InChI=1S/C21H23ClN2O6S/c1-15(16-5-3-2-4-6-16)23-20(25)14-30-21(26)18-13-17(7-8-19(18)22)31(27,28)24-9-11-29-12-10-24/h2-8,13,15H,9-12,14H2,1H3,(H,23,25). The molecular formula is C21H23ClN2O6S. The van der Waals surface area contributed by atoms with Gasteiger partial charge >= 0.3 is 5.97 Å². The van der Waals surface area contributed by atoms with E-state index in [2.05, 4.69) is 5.32 Å². The molecule has 1 fully saturated rings. The van der Waals surface area contributed by atoms with Crippen LogP contribution in [-0.4, -0.2) is 57.5 Å². The van der Waals surface area contributed by atoms with E-state index in [4.69, 9.17) is 21.1 Å². The number of benzene rings is 2. The second-order valence-electron chi connectivity index (χ2n) is 6.93. The molecule has 2 aromatic carbocycles. The van der Waals surface area contributed by atoms with E-state index in [9.17, 15) is 18.0 Å². The summed E-state index contributed by atoms with van der Waals surface area (Å²) < 4.78 is 37.1. The molecule has 1 heterocycles.